The summed E-state index contributed by atoms with van der Waals surface area (Å²) in [5.41, 5.74) is 1.70. The monoisotopic (exact) mass is 440 g/mol. The van der Waals surface area contributed by atoms with Gasteiger partial charge in [0.05, 0.1) is 24.5 Å². The Balaban J connectivity index is 1.80. The number of aromatic nitrogens is 4. The summed E-state index contributed by atoms with van der Waals surface area (Å²) < 4.78 is 9.04. The molecule has 1 unspecified atom stereocenters. The summed E-state index contributed by atoms with van der Waals surface area (Å²) in [4.78, 5) is 23.4. The van der Waals surface area contributed by atoms with Gasteiger partial charge < -0.3 is 10.1 Å². The Morgan fingerprint density at radius 1 is 1.32 bits per heavy atom. The van der Waals surface area contributed by atoms with Gasteiger partial charge in [0.1, 0.15) is 5.82 Å². The third-order valence-electron chi connectivity index (χ3n) is 5.12. The number of benzene rings is 1. The van der Waals surface area contributed by atoms with Crippen molar-refractivity contribution in [1.29, 1.82) is 0 Å². The molecule has 142 valence electrons. The molecule has 1 saturated heterocycles. The summed E-state index contributed by atoms with van der Waals surface area (Å²) >= 11 is 3.59. The van der Waals surface area contributed by atoms with Gasteiger partial charge in [-0.25, -0.2) is 9.67 Å². The van der Waals surface area contributed by atoms with Crippen LogP contribution in [0.3, 0.4) is 0 Å². The Bertz CT molecular complexity index is 1070. The molecule has 2 aliphatic rings. The number of nitrogens with one attached hydrogen (secondary N) is 1. The first kappa shape index (κ1) is 17.5. The van der Waals surface area contributed by atoms with Crippen LogP contribution >= 0.6 is 15.9 Å². The largest absolute Gasteiger partial charge is 0.352 e. The van der Waals surface area contributed by atoms with Gasteiger partial charge in [0.15, 0.2) is 5.72 Å². The van der Waals surface area contributed by atoms with Crippen molar-refractivity contribution >= 4 is 21.8 Å². The number of carbonyl (C=O) groups excluding carboxylic acids is 1. The van der Waals surface area contributed by atoms with Gasteiger partial charge in [-0.1, -0.05) is 22.0 Å². The number of fused-ring (bicyclic) bond motifs is 5. The second-order valence-corrected chi connectivity index (χ2v) is 7.55. The molecular formula is C19H17BrN6O2. The molecule has 0 radical (unpaired) electrons. The Labute approximate surface area is 169 Å². The van der Waals surface area contributed by atoms with E-state index in [1.807, 2.05) is 36.4 Å². The summed E-state index contributed by atoms with van der Waals surface area (Å²) in [6.45, 7) is 1.76. The van der Waals surface area contributed by atoms with Gasteiger partial charge >= 0.3 is 0 Å². The Morgan fingerprint density at radius 2 is 2.21 bits per heavy atom. The number of hydrogen-bond acceptors (Lipinski definition) is 6. The minimum Gasteiger partial charge on any atom is -0.352 e. The van der Waals surface area contributed by atoms with E-state index >= 15 is 0 Å². The predicted octanol–water partition coefficient (Wildman–Crippen LogP) is 1.83. The molecule has 1 fully saturated rings. The maximum Gasteiger partial charge on any atom is 0.290 e. The Kier molecular flexibility index (Phi) is 4.04. The van der Waals surface area contributed by atoms with Gasteiger partial charge in [-0.15, -0.1) is 5.10 Å². The van der Waals surface area contributed by atoms with E-state index in [0.717, 1.165) is 21.4 Å². The van der Waals surface area contributed by atoms with Crippen molar-refractivity contribution in [3.8, 4) is 5.69 Å². The fraction of sp³-hybridized carbons (Fsp3) is 0.263. The van der Waals surface area contributed by atoms with Crippen LogP contribution in [0.2, 0.25) is 0 Å². The highest BCUT2D eigenvalue weighted by atomic mass is 79.9. The maximum absolute atomic E-state index is 12.1. The third-order valence-corrected chi connectivity index (χ3v) is 5.61. The van der Waals surface area contributed by atoms with Crippen LogP contribution in [0.5, 0.6) is 0 Å². The Hall–Kier alpha value is -2.62. The lowest BCUT2D eigenvalue weighted by Crippen LogP contribution is -2.43. The van der Waals surface area contributed by atoms with E-state index < -0.39 is 5.72 Å². The van der Waals surface area contributed by atoms with Crippen LogP contribution in [-0.2, 0) is 17.0 Å². The average molecular weight is 441 g/mol. The van der Waals surface area contributed by atoms with Crippen LogP contribution < -0.4 is 5.32 Å². The van der Waals surface area contributed by atoms with E-state index in [0.29, 0.717) is 25.5 Å². The molecular weight excluding hydrogens is 424 g/mol. The molecule has 2 aromatic heterocycles. The van der Waals surface area contributed by atoms with Crippen molar-refractivity contribution in [3.05, 3.63) is 70.0 Å². The van der Waals surface area contributed by atoms with Crippen LogP contribution in [0, 0.1) is 0 Å². The number of rotatable bonds is 2. The van der Waals surface area contributed by atoms with E-state index in [2.05, 4.69) is 41.2 Å². The van der Waals surface area contributed by atoms with Gasteiger partial charge in [-0.05, 0) is 30.3 Å². The minimum atomic E-state index is -0.837. The fourth-order valence-corrected chi connectivity index (χ4v) is 4.27. The van der Waals surface area contributed by atoms with Gasteiger partial charge in [-0.2, -0.15) is 0 Å². The first-order valence-corrected chi connectivity index (χ1v) is 9.72. The highest BCUT2D eigenvalue weighted by Gasteiger charge is 2.50. The maximum atomic E-state index is 12.1. The highest BCUT2D eigenvalue weighted by molar-refractivity contribution is 9.10. The number of carbonyl (C=O) groups is 1. The molecule has 0 saturated carbocycles. The molecule has 8 nitrogen and oxygen atoms in total. The number of nitrogens with zero attached hydrogens (tertiary/aromatic N) is 5. The molecule has 9 heteroatoms. The first-order chi connectivity index (χ1) is 13.6. The van der Waals surface area contributed by atoms with Crippen molar-refractivity contribution in [1.82, 2.24) is 30.0 Å². The second kappa shape index (κ2) is 6.47. The van der Waals surface area contributed by atoms with Gasteiger partial charge in [0.2, 0.25) is 5.82 Å². The SMILES string of the molecule is CNC(=O)c1nc2n(n1)-c1ccc(Br)cc1C1(c3ccccn3)OCCN1C2. The van der Waals surface area contributed by atoms with Gasteiger partial charge in [0, 0.05) is 29.8 Å². The Morgan fingerprint density at radius 3 is 3.00 bits per heavy atom. The lowest BCUT2D eigenvalue weighted by molar-refractivity contribution is -0.0585. The lowest BCUT2D eigenvalue weighted by Gasteiger charge is -2.35. The average Bonchev–Trinajstić information content (AvgIpc) is 3.31. The van der Waals surface area contributed by atoms with E-state index in [4.69, 9.17) is 4.74 Å². The zero-order valence-electron chi connectivity index (χ0n) is 15.1. The van der Waals surface area contributed by atoms with Crippen molar-refractivity contribution in [2.45, 2.75) is 12.3 Å². The third kappa shape index (κ3) is 2.43. The van der Waals surface area contributed by atoms with Gasteiger partial charge in [-0.3, -0.25) is 14.7 Å². The van der Waals surface area contributed by atoms with Crippen molar-refractivity contribution < 1.29 is 9.53 Å². The van der Waals surface area contributed by atoms with Crippen molar-refractivity contribution in [2.24, 2.45) is 0 Å². The normalized spacial score (nSPS) is 20.8. The molecule has 3 aromatic rings. The highest BCUT2D eigenvalue weighted by Crippen LogP contribution is 2.45. The molecule has 1 N–H and O–H groups in total. The topological polar surface area (TPSA) is 85.2 Å². The molecule has 4 heterocycles. The van der Waals surface area contributed by atoms with Crippen LogP contribution in [0.15, 0.2) is 47.1 Å². The molecule has 0 aliphatic carbocycles. The van der Waals surface area contributed by atoms with Crippen LogP contribution in [-0.4, -0.2) is 50.8 Å². The minimum absolute atomic E-state index is 0.150. The number of ether oxygens (including phenoxy) is 1. The number of amides is 1. The standard InChI is InChI=1S/C19H17BrN6O2/c1-21-18(27)17-23-16-11-25-8-9-28-19(25,15-4-2-3-7-22-15)13-10-12(20)5-6-14(13)26(16)24-17/h2-7,10H,8-9,11H2,1H3,(H,21,27). The summed E-state index contributed by atoms with van der Waals surface area (Å²) in [6, 6.07) is 11.8. The van der Waals surface area contributed by atoms with E-state index in [1.165, 1.54) is 0 Å². The predicted molar refractivity (Wildman–Crippen MR) is 104 cm³/mol. The first-order valence-electron chi connectivity index (χ1n) is 8.92. The quantitative estimate of drug-likeness (QED) is 0.654. The second-order valence-electron chi connectivity index (χ2n) is 6.63. The van der Waals surface area contributed by atoms with Crippen molar-refractivity contribution in [2.75, 3.05) is 20.2 Å². The number of hydrogen-bond donors (Lipinski definition) is 1. The van der Waals surface area contributed by atoms with E-state index in [9.17, 15) is 4.79 Å². The lowest BCUT2D eigenvalue weighted by atomic mass is 9.95. The van der Waals surface area contributed by atoms with E-state index in [-0.39, 0.29) is 11.7 Å². The summed E-state index contributed by atoms with van der Waals surface area (Å²) in [5, 5.41) is 7.07. The number of halogens is 1. The summed E-state index contributed by atoms with van der Waals surface area (Å²) in [7, 11) is 1.57. The smallest absolute Gasteiger partial charge is 0.290 e. The van der Waals surface area contributed by atoms with Gasteiger partial charge in [0.25, 0.3) is 5.91 Å². The number of pyridine rings is 1. The van der Waals surface area contributed by atoms with Crippen LogP contribution in [0.25, 0.3) is 5.69 Å². The molecule has 5 rings (SSSR count). The van der Waals surface area contributed by atoms with Crippen molar-refractivity contribution in [3.63, 3.8) is 0 Å². The zero-order chi connectivity index (χ0) is 19.3. The summed E-state index contributed by atoms with van der Waals surface area (Å²) in [6.07, 6.45) is 1.77. The fourth-order valence-electron chi connectivity index (χ4n) is 3.91. The molecule has 28 heavy (non-hydrogen) atoms. The summed E-state index contributed by atoms with van der Waals surface area (Å²) in [5.74, 6) is 0.523. The molecule has 1 amide bonds. The molecule has 1 atom stereocenters. The molecule has 0 bridgehead atoms. The molecule has 2 aliphatic heterocycles. The molecule has 0 spiro atoms. The zero-order valence-corrected chi connectivity index (χ0v) is 16.7. The molecule has 1 aromatic carbocycles. The van der Waals surface area contributed by atoms with E-state index in [1.54, 1.807) is 17.9 Å². The van der Waals surface area contributed by atoms with Crippen LogP contribution in [0.1, 0.15) is 27.7 Å². The van der Waals surface area contributed by atoms with Crippen LogP contribution in [0.4, 0.5) is 0 Å².